The maximum atomic E-state index is 10.8. The molecule has 0 bridgehead atoms. The topological polar surface area (TPSA) is 35.5 Å². The molecule has 0 heterocycles. The third kappa shape index (κ3) is 16.7. The predicted octanol–water partition coefficient (Wildman–Crippen LogP) is 8.87. The summed E-state index contributed by atoms with van der Waals surface area (Å²) in [5.74, 6) is 2.00. The molecule has 0 N–H and O–H groups in total. The van der Waals surface area contributed by atoms with Gasteiger partial charge in [-0.3, -0.25) is 4.79 Å². The lowest BCUT2D eigenvalue weighted by molar-refractivity contribution is -0.112. The molecule has 186 valence electrons. The lowest BCUT2D eigenvalue weighted by atomic mass is 10.1. The standard InChI is InChI=1S/C13H16O2.C11H16O.C4H10.C2H6/c1-4-15-13-8-7-12(9-10(13)2)6-5-11(3)14;1-3-9-12-11-8-6-5-7-10(11)4-2;1-3-4-2;1-2/h5-9H,4H2,1-3H3;5-8H,3-4,9H2,1-2H3;3-4H2,1-2H3;1-2H3/b6-5+;;;. The van der Waals surface area contributed by atoms with Gasteiger partial charge in [0.15, 0.2) is 5.78 Å². The number of rotatable bonds is 9. The molecule has 2 aromatic carbocycles. The fraction of sp³-hybridized carbons (Fsp3) is 0.500. The summed E-state index contributed by atoms with van der Waals surface area (Å²) < 4.78 is 11.0. The van der Waals surface area contributed by atoms with Gasteiger partial charge in [-0.05, 0) is 74.6 Å². The summed E-state index contributed by atoms with van der Waals surface area (Å²) in [6.45, 7) is 19.6. The van der Waals surface area contributed by atoms with E-state index in [0.29, 0.717) is 6.61 Å². The Balaban J connectivity index is 0. The van der Waals surface area contributed by atoms with Gasteiger partial charge in [-0.1, -0.05) is 84.7 Å². The van der Waals surface area contributed by atoms with Gasteiger partial charge in [0, 0.05) is 0 Å². The Kier molecular flexibility index (Phi) is 22.4. The molecular formula is C30H48O3. The quantitative estimate of drug-likeness (QED) is 0.353. The van der Waals surface area contributed by atoms with Crippen LogP contribution in [0.3, 0.4) is 0 Å². The molecule has 0 aliphatic rings. The van der Waals surface area contributed by atoms with Crippen molar-refractivity contribution in [2.45, 2.75) is 88.0 Å². The van der Waals surface area contributed by atoms with Gasteiger partial charge in [0.25, 0.3) is 0 Å². The van der Waals surface area contributed by atoms with Crippen LogP contribution < -0.4 is 9.47 Å². The first-order chi connectivity index (χ1) is 15.9. The number of benzene rings is 2. The summed E-state index contributed by atoms with van der Waals surface area (Å²) in [4.78, 5) is 10.8. The summed E-state index contributed by atoms with van der Waals surface area (Å²) >= 11 is 0. The Bertz CT molecular complexity index is 761. The van der Waals surface area contributed by atoms with Crippen molar-refractivity contribution in [3.63, 3.8) is 0 Å². The van der Waals surface area contributed by atoms with E-state index in [2.05, 4.69) is 39.8 Å². The maximum absolute atomic E-state index is 10.8. The number of para-hydroxylation sites is 1. The number of unbranched alkanes of at least 4 members (excludes halogenated alkanes) is 1. The van der Waals surface area contributed by atoms with Crippen molar-refractivity contribution in [2.75, 3.05) is 13.2 Å². The zero-order valence-corrected chi connectivity index (χ0v) is 22.7. The van der Waals surface area contributed by atoms with Crippen LogP contribution in [0.5, 0.6) is 11.5 Å². The number of carbonyl (C=O) groups is 1. The average molecular weight is 457 g/mol. The zero-order valence-electron chi connectivity index (χ0n) is 22.7. The Hall–Kier alpha value is -2.55. The van der Waals surface area contributed by atoms with Gasteiger partial charge in [0.05, 0.1) is 13.2 Å². The van der Waals surface area contributed by atoms with E-state index in [4.69, 9.17) is 9.47 Å². The molecule has 0 fully saturated rings. The predicted molar refractivity (Wildman–Crippen MR) is 146 cm³/mol. The summed E-state index contributed by atoms with van der Waals surface area (Å²) in [6.07, 6.45) is 8.12. The van der Waals surface area contributed by atoms with Gasteiger partial charge in [-0.25, -0.2) is 0 Å². The summed E-state index contributed by atoms with van der Waals surface area (Å²) in [6, 6.07) is 14.1. The van der Waals surface area contributed by atoms with Crippen LogP contribution in [0.4, 0.5) is 0 Å². The molecule has 0 saturated heterocycles. The van der Waals surface area contributed by atoms with Crippen molar-refractivity contribution in [1.82, 2.24) is 0 Å². The fourth-order valence-corrected chi connectivity index (χ4v) is 2.46. The van der Waals surface area contributed by atoms with E-state index in [1.807, 2.05) is 64.1 Å². The molecule has 0 atom stereocenters. The molecule has 0 aliphatic carbocycles. The molecule has 0 unspecified atom stereocenters. The largest absolute Gasteiger partial charge is 0.494 e. The van der Waals surface area contributed by atoms with Crippen molar-refractivity contribution in [3.8, 4) is 11.5 Å². The summed E-state index contributed by atoms with van der Waals surface area (Å²) in [7, 11) is 0. The zero-order chi connectivity index (χ0) is 25.5. The highest BCUT2D eigenvalue weighted by Crippen LogP contribution is 2.20. The molecule has 3 heteroatoms. The van der Waals surface area contributed by atoms with Crippen LogP contribution in [0.25, 0.3) is 6.08 Å². The van der Waals surface area contributed by atoms with Crippen molar-refractivity contribution < 1.29 is 14.3 Å². The lowest BCUT2D eigenvalue weighted by Gasteiger charge is -2.08. The minimum Gasteiger partial charge on any atom is -0.494 e. The highest BCUT2D eigenvalue weighted by Gasteiger charge is 1.99. The van der Waals surface area contributed by atoms with Crippen LogP contribution in [0.15, 0.2) is 48.5 Å². The van der Waals surface area contributed by atoms with E-state index in [9.17, 15) is 4.79 Å². The minimum absolute atomic E-state index is 0.0570. The van der Waals surface area contributed by atoms with E-state index in [1.54, 1.807) is 6.08 Å². The average Bonchev–Trinajstić information content (AvgIpc) is 2.85. The maximum Gasteiger partial charge on any atom is 0.152 e. The second kappa shape index (κ2) is 22.6. The van der Waals surface area contributed by atoms with Gasteiger partial charge in [-0.15, -0.1) is 0 Å². The second-order valence-electron chi connectivity index (χ2n) is 7.21. The van der Waals surface area contributed by atoms with E-state index >= 15 is 0 Å². The van der Waals surface area contributed by atoms with Crippen LogP contribution in [0, 0.1) is 6.92 Å². The van der Waals surface area contributed by atoms with Crippen LogP contribution in [-0.4, -0.2) is 19.0 Å². The molecule has 0 spiro atoms. The number of allylic oxidation sites excluding steroid dienone is 1. The molecule has 0 aliphatic heterocycles. The van der Waals surface area contributed by atoms with E-state index in [1.165, 1.54) is 25.3 Å². The fourth-order valence-electron chi connectivity index (χ4n) is 2.46. The first-order valence-corrected chi connectivity index (χ1v) is 12.6. The van der Waals surface area contributed by atoms with Gasteiger partial charge in [0.2, 0.25) is 0 Å². The van der Waals surface area contributed by atoms with Crippen LogP contribution in [0.2, 0.25) is 0 Å². The molecule has 0 amide bonds. The molecular weight excluding hydrogens is 408 g/mol. The van der Waals surface area contributed by atoms with Crippen LogP contribution >= 0.6 is 0 Å². The highest BCUT2D eigenvalue weighted by atomic mass is 16.5. The van der Waals surface area contributed by atoms with Crippen LogP contribution in [0.1, 0.15) is 91.3 Å². The molecule has 0 aromatic heterocycles. The molecule has 2 aromatic rings. The molecule has 0 radical (unpaired) electrons. The van der Waals surface area contributed by atoms with E-state index in [-0.39, 0.29) is 5.78 Å². The Labute approximate surface area is 204 Å². The number of ether oxygens (including phenoxy) is 2. The van der Waals surface area contributed by atoms with Gasteiger partial charge in [0.1, 0.15) is 11.5 Å². The normalized spacial score (nSPS) is 9.48. The third-order valence-electron chi connectivity index (χ3n) is 4.32. The molecule has 2 rings (SSSR count). The van der Waals surface area contributed by atoms with Gasteiger partial charge < -0.3 is 9.47 Å². The van der Waals surface area contributed by atoms with Crippen molar-refractivity contribution in [3.05, 3.63) is 65.2 Å². The first kappa shape index (κ1) is 32.6. The number of hydrogen-bond donors (Lipinski definition) is 0. The second-order valence-corrected chi connectivity index (χ2v) is 7.21. The van der Waals surface area contributed by atoms with Gasteiger partial charge >= 0.3 is 0 Å². The number of carbonyl (C=O) groups excluding carboxylic acids is 1. The monoisotopic (exact) mass is 456 g/mol. The number of hydrogen-bond acceptors (Lipinski definition) is 3. The van der Waals surface area contributed by atoms with Crippen molar-refractivity contribution >= 4 is 11.9 Å². The Morgan fingerprint density at radius 2 is 1.48 bits per heavy atom. The molecule has 0 saturated carbocycles. The SMILES string of the molecule is CC.CCCC.CCCOc1ccccc1CC.CCOc1ccc(/C=C/C(C)=O)cc1C. The highest BCUT2D eigenvalue weighted by molar-refractivity contribution is 5.91. The Morgan fingerprint density at radius 1 is 0.848 bits per heavy atom. The van der Waals surface area contributed by atoms with Crippen LogP contribution in [-0.2, 0) is 11.2 Å². The number of ketones is 1. The van der Waals surface area contributed by atoms with E-state index < -0.39 is 0 Å². The molecule has 3 nitrogen and oxygen atoms in total. The van der Waals surface area contributed by atoms with E-state index in [0.717, 1.165) is 42.1 Å². The molecule has 33 heavy (non-hydrogen) atoms. The Morgan fingerprint density at radius 3 is 1.97 bits per heavy atom. The smallest absolute Gasteiger partial charge is 0.152 e. The minimum atomic E-state index is 0.0570. The number of aryl methyl sites for hydroxylation is 2. The third-order valence-corrected chi connectivity index (χ3v) is 4.32. The summed E-state index contributed by atoms with van der Waals surface area (Å²) in [5, 5.41) is 0. The first-order valence-electron chi connectivity index (χ1n) is 12.6. The van der Waals surface area contributed by atoms with Crippen molar-refractivity contribution in [2.24, 2.45) is 0 Å². The van der Waals surface area contributed by atoms with Gasteiger partial charge in [-0.2, -0.15) is 0 Å². The van der Waals surface area contributed by atoms with Crippen molar-refractivity contribution in [1.29, 1.82) is 0 Å². The summed E-state index contributed by atoms with van der Waals surface area (Å²) in [5.41, 5.74) is 3.40. The lowest BCUT2D eigenvalue weighted by Crippen LogP contribution is -1.97.